The van der Waals surface area contributed by atoms with Crippen LogP contribution in [0.25, 0.3) is 27.5 Å². The van der Waals surface area contributed by atoms with Crippen LogP contribution in [0.5, 0.6) is 0 Å². The molecule has 8 atom stereocenters. The van der Waals surface area contributed by atoms with Crippen LogP contribution in [0.4, 0.5) is 11.4 Å². The van der Waals surface area contributed by atoms with E-state index in [0.29, 0.717) is 11.8 Å². The number of nitrogens with two attached hydrogens (primary N) is 1. The molecule has 0 amide bonds. The predicted molar refractivity (Wildman–Crippen MR) is 303 cm³/mol. The molecule has 1 saturated heterocycles. The minimum atomic E-state index is -0.345. The maximum Gasteiger partial charge on any atom is 0.0864 e. The third-order valence-corrected chi connectivity index (χ3v) is 15.9. The molecule has 0 bridgehead atoms. The first-order valence-corrected chi connectivity index (χ1v) is 26.4. The number of fused-ring (bicyclic) bond motifs is 6. The van der Waals surface area contributed by atoms with E-state index in [4.69, 9.17) is 5.73 Å². The Morgan fingerprint density at radius 1 is 0.541 bits per heavy atom. The van der Waals surface area contributed by atoms with Crippen LogP contribution in [-0.4, -0.2) is 16.8 Å². The second-order valence-electron chi connectivity index (χ2n) is 20.4. The molecule has 2 aliphatic heterocycles. The molecule has 8 aromatic carbocycles. The molecule has 74 heavy (non-hydrogen) atoms. The lowest BCUT2D eigenvalue weighted by molar-refractivity contribution is 0.203. The Hall–Kier alpha value is -7.66. The maximum atomic E-state index is 6.96. The van der Waals surface area contributed by atoms with Crippen LogP contribution in [0.1, 0.15) is 88.3 Å². The van der Waals surface area contributed by atoms with Gasteiger partial charge in [0.15, 0.2) is 0 Å². The average Bonchev–Trinajstić information content (AvgIpc) is 3.99. The number of nitrogens with zero attached hydrogens (tertiary/aromatic N) is 2. The molecule has 4 aliphatic rings. The first kappa shape index (κ1) is 46.1. The normalized spacial score (nSPS) is 22.9. The van der Waals surface area contributed by atoms with Crippen LogP contribution in [0.15, 0.2) is 243 Å². The Kier molecular flexibility index (Phi) is 12.7. The molecule has 8 nitrogen and oxygen atoms in total. The van der Waals surface area contributed by atoms with Gasteiger partial charge in [0.1, 0.15) is 0 Å². The van der Waals surface area contributed by atoms with E-state index in [0.717, 1.165) is 30.6 Å². The first-order chi connectivity index (χ1) is 36.6. The Labute approximate surface area is 434 Å². The number of benzene rings is 8. The second kappa shape index (κ2) is 20.3. The van der Waals surface area contributed by atoms with Crippen LogP contribution in [0, 0.1) is 5.92 Å². The van der Waals surface area contributed by atoms with Crippen molar-refractivity contribution in [1.29, 1.82) is 0 Å². The zero-order valence-electron chi connectivity index (χ0n) is 41.4. The van der Waals surface area contributed by atoms with Crippen molar-refractivity contribution in [2.75, 3.05) is 4.90 Å². The van der Waals surface area contributed by atoms with Crippen molar-refractivity contribution in [3.05, 3.63) is 282 Å². The Morgan fingerprint density at radius 2 is 1.15 bits per heavy atom. The minimum absolute atomic E-state index is 0.00607. The Morgan fingerprint density at radius 3 is 1.85 bits per heavy atom. The van der Waals surface area contributed by atoms with Crippen LogP contribution in [0.3, 0.4) is 0 Å². The molecular formula is C66H62N8. The highest BCUT2D eigenvalue weighted by atomic mass is 15.4. The first-order valence-electron chi connectivity index (χ1n) is 26.4. The number of rotatable bonds is 13. The third-order valence-electron chi connectivity index (χ3n) is 15.9. The second-order valence-corrected chi connectivity index (χ2v) is 20.4. The lowest BCUT2D eigenvalue weighted by Gasteiger charge is -2.40. The SMILES string of the molecule is NC(NC(NCc1ccccc1)C1C=CC=CC1)c1ccc(-n2c3ccccc3c3cc(C4C=CC5C(C4)c4ccccc4N5c4ccc(C5NC(c6ccccc6)NC(c6ccccc6)N5)cc4)ccc32)cc1. The molecule has 7 N–H and O–H groups in total. The van der Waals surface area contributed by atoms with Crippen LogP contribution in [0.2, 0.25) is 0 Å². The number of nitrogens with one attached hydrogen (secondary N) is 5. The number of aromatic nitrogens is 1. The molecule has 0 radical (unpaired) electrons. The van der Waals surface area contributed by atoms with Crippen LogP contribution in [-0.2, 0) is 6.54 Å². The molecule has 1 aromatic heterocycles. The fourth-order valence-corrected chi connectivity index (χ4v) is 12.2. The molecule has 0 spiro atoms. The summed E-state index contributed by atoms with van der Waals surface area (Å²) in [5.74, 6) is 0.929. The monoisotopic (exact) mass is 967 g/mol. The van der Waals surface area contributed by atoms with Crippen molar-refractivity contribution in [3.63, 3.8) is 0 Å². The number of anilines is 2. The van der Waals surface area contributed by atoms with Gasteiger partial charge in [0, 0.05) is 52.1 Å². The van der Waals surface area contributed by atoms with Crippen molar-refractivity contribution >= 4 is 33.2 Å². The zero-order chi connectivity index (χ0) is 49.4. The standard InChI is InChI=1S/C66H62N8/c67-62(69-63(46-19-7-2-8-20-46)68-43-44-17-5-1-6-18-44)45-29-35-52(36-30-45)73-58-27-15-13-25-54(58)56-41-50(33-39-60(56)73)51-34-40-61-57(42-51)55-26-14-16-28-59(55)74(61)53-37-31-49(32-38-53)66-71-64(47-21-9-3-10-22-47)70-65(72-66)48-23-11-4-12-24-48/h1-19,21-41,46,51,57,61-66,68-72H,20,42-43,67H2. The van der Waals surface area contributed by atoms with Gasteiger partial charge in [-0.2, -0.15) is 0 Å². The van der Waals surface area contributed by atoms with Gasteiger partial charge >= 0.3 is 0 Å². The van der Waals surface area contributed by atoms with Gasteiger partial charge in [-0.1, -0.05) is 194 Å². The van der Waals surface area contributed by atoms with E-state index in [2.05, 4.69) is 279 Å². The molecule has 9 aromatic rings. The van der Waals surface area contributed by atoms with Crippen molar-refractivity contribution in [2.45, 2.75) is 68.1 Å². The van der Waals surface area contributed by atoms with E-state index in [1.807, 2.05) is 0 Å². The summed E-state index contributed by atoms with van der Waals surface area (Å²) in [7, 11) is 0. The fraction of sp³-hybridized carbons (Fsp3) is 0.182. The summed E-state index contributed by atoms with van der Waals surface area (Å²) in [4.78, 5) is 2.57. The number of allylic oxidation sites excluding steroid dienone is 4. The van der Waals surface area contributed by atoms with Crippen LogP contribution >= 0.6 is 0 Å². The topological polar surface area (TPSA) is 94.3 Å². The van der Waals surface area contributed by atoms with Crippen molar-refractivity contribution in [1.82, 2.24) is 31.2 Å². The zero-order valence-corrected chi connectivity index (χ0v) is 41.4. The highest BCUT2D eigenvalue weighted by molar-refractivity contribution is 6.09. The maximum absolute atomic E-state index is 6.96. The molecule has 13 rings (SSSR count). The molecular weight excluding hydrogens is 905 g/mol. The van der Waals surface area contributed by atoms with E-state index in [-0.39, 0.29) is 42.8 Å². The summed E-state index contributed by atoms with van der Waals surface area (Å²) in [6.45, 7) is 0.761. The predicted octanol–water partition coefficient (Wildman–Crippen LogP) is 13.1. The summed E-state index contributed by atoms with van der Waals surface area (Å²) >= 11 is 0. The highest BCUT2D eigenvalue weighted by Gasteiger charge is 2.41. The lowest BCUT2D eigenvalue weighted by atomic mass is 9.78. The van der Waals surface area contributed by atoms with E-state index in [1.165, 1.54) is 66.6 Å². The minimum Gasteiger partial charge on any atom is -0.334 e. The molecule has 2 aliphatic carbocycles. The van der Waals surface area contributed by atoms with Crippen LogP contribution < -0.4 is 37.2 Å². The quantitative estimate of drug-likeness (QED) is 0.0506. The summed E-state index contributed by atoms with van der Waals surface area (Å²) in [6, 6.07) is 75.2. The van der Waals surface area contributed by atoms with Gasteiger partial charge in [-0.05, 0) is 100 Å². The summed E-state index contributed by atoms with van der Waals surface area (Å²) in [5, 5.41) is 21.5. The summed E-state index contributed by atoms with van der Waals surface area (Å²) in [5.41, 5.74) is 21.7. The number of para-hydroxylation sites is 2. The Balaban J connectivity index is 0.747. The van der Waals surface area contributed by atoms with Gasteiger partial charge in [-0.25, -0.2) is 0 Å². The lowest BCUT2D eigenvalue weighted by Crippen LogP contribution is -2.54. The molecule has 8 unspecified atom stereocenters. The van der Waals surface area contributed by atoms with Gasteiger partial charge < -0.3 is 15.2 Å². The van der Waals surface area contributed by atoms with Crippen molar-refractivity contribution in [3.8, 4) is 5.69 Å². The molecule has 366 valence electrons. The molecule has 8 heteroatoms. The van der Waals surface area contributed by atoms with Gasteiger partial charge in [0.05, 0.1) is 47.9 Å². The van der Waals surface area contributed by atoms with Crippen molar-refractivity contribution in [2.24, 2.45) is 11.7 Å². The van der Waals surface area contributed by atoms with E-state index >= 15 is 0 Å². The summed E-state index contributed by atoms with van der Waals surface area (Å²) < 4.78 is 2.41. The molecule has 3 heterocycles. The Bertz CT molecular complexity index is 3430. The highest BCUT2D eigenvalue weighted by Crippen LogP contribution is 2.52. The van der Waals surface area contributed by atoms with E-state index in [9.17, 15) is 0 Å². The largest absolute Gasteiger partial charge is 0.334 e. The average molecular weight is 967 g/mol. The number of hydrogen-bond acceptors (Lipinski definition) is 7. The molecule has 1 fully saturated rings. The van der Waals surface area contributed by atoms with E-state index < -0.39 is 0 Å². The van der Waals surface area contributed by atoms with Gasteiger partial charge in [-0.3, -0.25) is 26.6 Å². The third kappa shape index (κ3) is 9.00. The fourth-order valence-electron chi connectivity index (χ4n) is 12.2. The smallest absolute Gasteiger partial charge is 0.0864 e. The van der Waals surface area contributed by atoms with Crippen molar-refractivity contribution < 1.29 is 0 Å². The van der Waals surface area contributed by atoms with Gasteiger partial charge in [0.2, 0.25) is 0 Å². The molecule has 0 saturated carbocycles. The van der Waals surface area contributed by atoms with Gasteiger partial charge in [-0.15, -0.1) is 0 Å². The van der Waals surface area contributed by atoms with Gasteiger partial charge in [0.25, 0.3) is 0 Å². The van der Waals surface area contributed by atoms with E-state index in [1.54, 1.807) is 0 Å². The number of hydrogen-bond donors (Lipinski definition) is 6. The summed E-state index contributed by atoms with van der Waals surface area (Å²) in [6.07, 6.45) is 15.3.